The minimum absolute atomic E-state index is 0.276. The number of hydrogen-bond acceptors (Lipinski definition) is 5. The number of amides is 1. The number of thiazole rings is 1. The van der Waals surface area contributed by atoms with Gasteiger partial charge in [0.2, 0.25) is 0 Å². The molecule has 166 valence electrons. The molecule has 3 aromatic heterocycles. The predicted octanol–water partition coefficient (Wildman–Crippen LogP) is 6.52. The third-order valence-corrected chi connectivity index (χ3v) is 7.65. The van der Waals surface area contributed by atoms with Gasteiger partial charge >= 0.3 is 0 Å². The van der Waals surface area contributed by atoms with E-state index in [0.717, 1.165) is 36.2 Å². The number of nitrogens with zero attached hydrogens (tertiary/aromatic N) is 3. The zero-order valence-electron chi connectivity index (χ0n) is 17.8. The van der Waals surface area contributed by atoms with Crippen molar-refractivity contribution in [2.45, 2.75) is 13.5 Å². The van der Waals surface area contributed by atoms with Crippen LogP contribution in [-0.2, 0) is 11.3 Å². The zero-order chi connectivity index (χ0) is 22.8. The van der Waals surface area contributed by atoms with Gasteiger partial charge in [-0.2, -0.15) is 4.99 Å². The summed E-state index contributed by atoms with van der Waals surface area (Å²) >= 11 is 6.65. The van der Waals surface area contributed by atoms with E-state index in [2.05, 4.69) is 31.6 Å². The Morgan fingerprint density at radius 2 is 2.03 bits per heavy atom. The number of thiophene rings is 1. The number of rotatable bonds is 6. The van der Waals surface area contributed by atoms with E-state index < -0.39 is 0 Å². The first kappa shape index (κ1) is 22.2. The maximum Gasteiger partial charge on any atom is 0.280 e. The molecule has 0 aliphatic carbocycles. The van der Waals surface area contributed by atoms with Crippen LogP contribution in [0.25, 0.3) is 31.7 Å². The first-order chi connectivity index (χ1) is 16.1. The molecule has 0 bridgehead atoms. The van der Waals surface area contributed by atoms with E-state index in [1.165, 1.54) is 11.3 Å². The molecule has 0 atom stereocenters. The number of halogens is 1. The minimum atomic E-state index is -0.276. The molecule has 0 aliphatic heterocycles. The summed E-state index contributed by atoms with van der Waals surface area (Å²) in [4.78, 5) is 24.6. The third-order valence-electron chi connectivity index (χ3n) is 5.23. The molecule has 0 N–H and O–H groups in total. The van der Waals surface area contributed by atoms with Gasteiger partial charge in [-0.15, -0.1) is 11.3 Å². The molecule has 8 heteroatoms. The van der Waals surface area contributed by atoms with Crippen LogP contribution in [0.4, 0.5) is 0 Å². The topological polar surface area (TPSA) is 56.5 Å². The average molecular weight is 538 g/mol. The fourth-order valence-corrected chi connectivity index (χ4v) is 5.99. The maximum atomic E-state index is 13.5. The average Bonchev–Trinajstić information content (AvgIpc) is 3.47. The number of aromatic nitrogens is 2. The summed E-state index contributed by atoms with van der Waals surface area (Å²) < 4.78 is 9.69. The Labute approximate surface area is 207 Å². The Bertz CT molecular complexity index is 1520. The Balaban J connectivity index is 1.66. The number of carbonyl (C=O) groups is 1. The first-order valence-electron chi connectivity index (χ1n) is 10.5. The van der Waals surface area contributed by atoms with E-state index in [1.54, 1.807) is 11.3 Å². The summed E-state index contributed by atoms with van der Waals surface area (Å²) in [6.07, 6.45) is 0. The number of pyridine rings is 1. The van der Waals surface area contributed by atoms with Crippen LogP contribution >= 0.6 is 38.6 Å². The maximum absolute atomic E-state index is 13.5. The summed E-state index contributed by atoms with van der Waals surface area (Å²) in [6.45, 7) is 3.80. The van der Waals surface area contributed by atoms with E-state index in [-0.39, 0.29) is 5.91 Å². The van der Waals surface area contributed by atoms with Crippen molar-refractivity contribution in [1.82, 2.24) is 9.55 Å². The molecule has 2 aromatic carbocycles. The molecule has 0 aliphatic rings. The smallest absolute Gasteiger partial charge is 0.280 e. The molecule has 0 saturated heterocycles. The van der Waals surface area contributed by atoms with Gasteiger partial charge in [-0.1, -0.05) is 51.5 Å². The molecule has 5 nitrogen and oxygen atoms in total. The van der Waals surface area contributed by atoms with Crippen LogP contribution in [0, 0.1) is 0 Å². The van der Waals surface area contributed by atoms with Crippen molar-refractivity contribution in [1.29, 1.82) is 0 Å². The molecule has 33 heavy (non-hydrogen) atoms. The minimum Gasteiger partial charge on any atom is -0.380 e. The van der Waals surface area contributed by atoms with Gasteiger partial charge in [0.25, 0.3) is 5.91 Å². The molecule has 0 saturated carbocycles. The van der Waals surface area contributed by atoms with Crippen molar-refractivity contribution in [2.75, 3.05) is 13.2 Å². The molecule has 0 spiro atoms. The SMILES string of the molecule is CCOCCn1c(=NC(=O)c2cc(-c3cccs3)nc3ccccc23)sc2cc(Br)ccc21. The molecule has 1 amide bonds. The fourth-order valence-electron chi connectivity index (χ4n) is 3.70. The van der Waals surface area contributed by atoms with Crippen molar-refractivity contribution < 1.29 is 9.53 Å². The van der Waals surface area contributed by atoms with Crippen LogP contribution in [0.5, 0.6) is 0 Å². The standard InChI is InChI=1S/C25H20BrN3O2S2/c1-2-31-12-11-29-21-10-9-16(26)14-23(21)33-25(29)28-24(30)18-15-20(22-8-5-13-32-22)27-19-7-4-3-6-17(18)19/h3-10,13-15H,2,11-12H2,1H3. The first-order valence-corrected chi connectivity index (χ1v) is 13.0. The molecule has 5 rings (SSSR count). The van der Waals surface area contributed by atoms with Gasteiger partial charge in [-0.25, -0.2) is 4.98 Å². The zero-order valence-corrected chi connectivity index (χ0v) is 21.0. The number of hydrogen-bond donors (Lipinski definition) is 0. The van der Waals surface area contributed by atoms with Gasteiger partial charge in [0.15, 0.2) is 4.80 Å². The van der Waals surface area contributed by atoms with E-state index in [4.69, 9.17) is 9.72 Å². The second-order valence-corrected chi connectivity index (χ2v) is 10.2. The van der Waals surface area contributed by atoms with Gasteiger partial charge in [0.05, 0.1) is 38.5 Å². The van der Waals surface area contributed by atoms with E-state index >= 15 is 0 Å². The van der Waals surface area contributed by atoms with Crippen LogP contribution in [0.15, 0.2) is 75.5 Å². The highest BCUT2D eigenvalue weighted by molar-refractivity contribution is 9.10. The van der Waals surface area contributed by atoms with Gasteiger partial charge in [-0.3, -0.25) is 4.79 Å². The lowest BCUT2D eigenvalue weighted by molar-refractivity contribution is 0.0998. The predicted molar refractivity (Wildman–Crippen MR) is 139 cm³/mol. The largest absolute Gasteiger partial charge is 0.380 e. The Morgan fingerprint density at radius 1 is 1.15 bits per heavy atom. The number of ether oxygens (including phenoxy) is 1. The van der Waals surface area contributed by atoms with Crippen molar-refractivity contribution in [3.8, 4) is 10.6 Å². The van der Waals surface area contributed by atoms with Gasteiger partial charge in [0.1, 0.15) is 0 Å². The quantitative estimate of drug-likeness (QED) is 0.231. The van der Waals surface area contributed by atoms with Crippen molar-refractivity contribution >= 4 is 65.6 Å². The van der Waals surface area contributed by atoms with E-state index in [0.29, 0.717) is 30.1 Å². The van der Waals surface area contributed by atoms with E-state index in [1.807, 2.05) is 66.9 Å². The lowest BCUT2D eigenvalue weighted by Crippen LogP contribution is -2.20. The summed E-state index contributed by atoms with van der Waals surface area (Å²) in [5, 5.41) is 2.81. The highest BCUT2D eigenvalue weighted by atomic mass is 79.9. The molecular formula is C25H20BrN3O2S2. The molecule has 0 unspecified atom stereocenters. The normalized spacial score (nSPS) is 12.1. The molecule has 0 fully saturated rings. The van der Waals surface area contributed by atoms with Crippen LogP contribution in [0.2, 0.25) is 0 Å². The Hall–Kier alpha value is -2.65. The van der Waals surface area contributed by atoms with Crippen LogP contribution in [0.1, 0.15) is 17.3 Å². The highest BCUT2D eigenvalue weighted by Gasteiger charge is 2.15. The van der Waals surface area contributed by atoms with Crippen LogP contribution in [-0.4, -0.2) is 28.7 Å². The lowest BCUT2D eigenvalue weighted by atomic mass is 10.1. The van der Waals surface area contributed by atoms with Crippen LogP contribution < -0.4 is 4.80 Å². The Kier molecular flexibility index (Phi) is 6.50. The monoisotopic (exact) mass is 537 g/mol. The molecular weight excluding hydrogens is 518 g/mol. The van der Waals surface area contributed by atoms with Gasteiger partial charge < -0.3 is 9.30 Å². The third kappa shape index (κ3) is 4.56. The summed E-state index contributed by atoms with van der Waals surface area (Å²) in [6, 6.07) is 19.7. The number of para-hydroxylation sites is 1. The molecule has 5 aromatic rings. The van der Waals surface area contributed by atoms with Crippen molar-refractivity contribution in [3.05, 3.63) is 80.9 Å². The van der Waals surface area contributed by atoms with Crippen molar-refractivity contribution in [3.63, 3.8) is 0 Å². The fraction of sp³-hybridized carbons (Fsp3) is 0.160. The van der Waals surface area contributed by atoms with Gasteiger partial charge in [0, 0.05) is 23.0 Å². The van der Waals surface area contributed by atoms with E-state index in [9.17, 15) is 4.79 Å². The van der Waals surface area contributed by atoms with Gasteiger partial charge in [-0.05, 0) is 48.7 Å². The van der Waals surface area contributed by atoms with Crippen molar-refractivity contribution in [2.24, 2.45) is 4.99 Å². The Morgan fingerprint density at radius 3 is 2.85 bits per heavy atom. The molecule has 0 radical (unpaired) electrons. The van der Waals surface area contributed by atoms with Crippen LogP contribution in [0.3, 0.4) is 0 Å². The number of fused-ring (bicyclic) bond motifs is 2. The highest BCUT2D eigenvalue weighted by Crippen LogP contribution is 2.28. The number of carbonyl (C=O) groups excluding carboxylic acids is 1. The lowest BCUT2D eigenvalue weighted by Gasteiger charge is -2.07. The molecule has 3 heterocycles. The number of benzene rings is 2. The summed E-state index contributed by atoms with van der Waals surface area (Å²) in [5.74, 6) is -0.276. The summed E-state index contributed by atoms with van der Waals surface area (Å²) in [5.41, 5.74) is 3.16. The second kappa shape index (κ2) is 9.69. The second-order valence-electron chi connectivity index (χ2n) is 7.31. The summed E-state index contributed by atoms with van der Waals surface area (Å²) in [7, 11) is 0.